The number of hydrogen-bond donors (Lipinski definition) is 1. The van der Waals surface area contributed by atoms with Gasteiger partial charge in [-0.15, -0.1) is 0 Å². The van der Waals surface area contributed by atoms with E-state index < -0.39 is 0 Å². The topological polar surface area (TPSA) is 64.3 Å². The molecule has 0 bridgehead atoms. The second kappa shape index (κ2) is 7.50. The van der Waals surface area contributed by atoms with Crippen molar-refractivity contribution in [1.82, 2.24) is 9.55 Å². The van der Waals surface area contributed by atoms with Crippen LogP contribution < -0.4 is 4.74 Å². The molecule has 0 aliphatic heterocycles. The number of allylic oxidation sites excluding steroid dienone is 2. The van der Waals surface area contributed by atoms with Crippen LogP contribution in [0.25, 0.3) is 23.2 Å². The molecule has 0 radical (unpaired) electrons. The van der Waals surface area contributed by atoms with Gasteiger partial charge in [-0.3, -0.25) is 4.79 Å². The van der Waals surface area contributed by atoms with Gasteiger partial charge in [-0.2, -0.15) is 0 Å². The highest BCUT2D eigenvalue weighted by molar-refractivity contribution is 6.04. The molecule has 0 amide bonds. The molecule has 0 fully saturated rings. The van der Waals surface area contributed by atoms with Crippen LogP contribution in [0.15, 0.2) is 42.5 Å². The zero-order chi connectivity index (χ0) is 19.6. The molecule has 5 nitrogen and oxygen atoms in total. The number of ketones is 1. The zero-order valence-corrected chi connectivity index (χ0v) is 15.9. The lowest BCUT2D eigenvalue weighted by Gasteiger charge is -2.03. The molecule has 1 N–H and O–H groups in total. The van der Waals surface area contributed by atoms with Crippen molar-refractivity contribution < 1.29 is 14.6 Å². The Morgan fingerprint density at radius 2 is 1.89 bits per heavy atom. The van der Waals surface area contributed by atoms with Gasteiger partial charge in [0.05, 0.1) is 18.1 Å². The number of methoxy groups -OCH3 is 1. The normalized spacial score (nSPS) is 11.7. The van der Waals surface area contributed by atoms with E-state index >= 15 is 0 Å². The van der Waals surface area contributed by atoms with E-state index in [0.29, 0.717) is 5.75 Å². The maximum absolute atomic E-state index is 12.2. The lowest BCUT2D eigenvalue weighted by Crippen LogP contribution is -1.92. The van der Waals surface area contributed by atoms with Gasteiger partial charge < -0.3 is 14.4 Å². The van der Waals surface area contributed by atoms with Crippen molar-refractivity contribution in [3.05, 3.63) is 65.0 Å². The smallest absolute Gasteiger partial charge is 0.178 e. The summed E-state index contributed by atoms with van der Waals surface area (Å²) in [4.78, 5) is 16.8. The summed E-state index contributed by atoms with van der Waals surface area (Å²) in [6.45, 7) is 4.11. The van der Waals surface area contributed by atoms with Gasteiger partial charge in [-0.25, -0.2) is 4.98 Å². The van der Waals surface area contributed by atoms with Crippen molar-refractivity contribution in [1.29, 1.82) is 0 Å². The van der Waals surface area contributed by atoms with Crippen molar-refractivity contribution in [3.8, 4) is 11.5 Å². The molecule has 5 heteroatoms. The Bertz CT molecular complexity index is 1070. The van der Waals surface area contributed by atoms with Crippen LogP contribution in [0.4, 0.5) is 0 Å². The molecule has 27 heavy (non-hydrogen) atoms. The van der Waals surface area contributed by atoms with Gasteiger partial charge in [-0.05, 0) is 67.0 Å². The summed E-state index contributed by atoms with van der Waals surface area (Å²) in [6, 6.07) is 9.03. The summed E-state index contributed by atoms with van der Waals surface area (Å²) in [5, 5.41) is 9.61. The highest BCUT2D eigenvalue weighted by atomic mass is 16.5. The number of nitrogens with zero attached hydrogens (tertiary/aromatic N) is 2. The Morgan fingerprint density at radius 3 is 2.63 bits per heavy atom. The van der Waals surface area contributed by atoms with E-state index in [0.717, 1.165) is 28.0 Å². The number of carbonyl (C=O) groups excluding carboxylic acids is 1. The van der Waals surface area contributed by atoms with Crippen LogP contribution in [0.1, 0.15) is 22.5 Å². The molecule has 0 unspecified atom stereocenters. The van der Waals surface area contributed by atoms with Crippen LogP contribution in [0.3, 0.4) is 0 Å². The molecule has 1 aromatic heterocycles. The van der Waals surface area contributed by atoms with Crippen LogP contribution in [-0.4, -0.2) is 27.6 Å². The molecular formula is C22H22N2O3. The van der Waals surface area contributed by atoms with Gasteiger partial charge in [0.15, 0.2) is 17.3 Å². The van der Waals surface area contributed by atoms with E-state index in [1.807, 2.05) is 17.7 Å². The summed E-state index contributed by atoms with van der Waals surface area (Å²) in [5.41, 5.74) is 5.10. The average molecular weight is 362 g/mol. The minimum Gasteiger partial charge on any atom is -0.504 e. The SMILES string of the molecule is COc1cc(/C=C/C(=O)/C=C/c2nc3c(C)c(C)ccc3n2C)ccc1O. The van der Waals surface area contributed by atoms with E-state index in [9.17, 15) is 9.90 Å². The maximum atomic E-state index is 12.2. The number of rotatable bonds is 5. The average Bonchev–Trinajstić information content (AvgIpc) is 2.99. The van der Waals surface area contributed by atoms with E-state index in [4.69, 9.17) is 4.74 Å². The Balaban J connectivity index is 1.80. The number of fused-ring (bicyclic) bond motifs is 1. The molecule has 3 rings (SSSR count). The van der Waals surface area contributed by atoms with Crippen molar-refractivity contribution in [2.75, 3.05) is 7.11 Å². The lowest BCUT2D eigenvalue weighted by molar-refractivity contribution is -0.110. The molecule has 138 valence electrons. The van der Waals surface area contributed by atoms with Crippen LogP contribution in [0, 0.1) is 13.8 Å². The summed E-state index contributed by atoms with van der Waals surface area (Å²) in [6.07, 6.45) is 6.37. The number of aryl methyl sites for hydroxylation is 3. The molecule has 0 spiro atoms. The third-order valence-electron chi connectivity index (χ3n) is 4.65. The minimum atomic E-state index is -0.151. The molecule has 0 saturated heterocycles. The Labute approximate surface area is 158 Å². The first kappa shape index (κ1) is 18.5. The van der Waals surface area contributed by atoms with Crippen molar-refractivity contribution >= 4 is 29.0 Å². The standard InChI is InChI=1S/C22H22N2O3/c1-14-5-10-18-22(15(14)2)23-21(24(18)3)12-9-17(25)8-6-16-7-11-19(26)20(13-16)27-4/h5-13,26H,1-4H3/b8-6+,12-9+. The maximum Gasteiger partial charge on any atom is 0.178 e. The second-order valence-corrected chi connectivity index (χ2v) is 6.40. The zero-order valence-electron chi connectivity index (χ0n) is 15.9. The predicted molar refractivity (Wildman–Crippen MR) is 108 cm³/mol. The largest absolute Gasteiger partial charge is 0.504 e. The number of aromatic hydroxyl groups is 1. The molecule has 0 atom stereocenters. The van der Waals surface area contributed by atoms with Crippen LogP contribution >= 0.6 is 0 Å². The third-order valence-corrected chi connectivity index (χ3v) is 4.65. The van der Waals surface area contributed by atoms with Gasteiger partial charge >= 0.3 is 0 Å². The molecular weight excluding hydrogens is 340 g/mol. The number of phenols is 1. The van der Waals surface area contributed by atoms with Gasteiger partial charge in [0.25, 0.3) is 0 Å². The molecule has 0 aliphatic carbocycles. The van der Waals surface area contributed by atoms with Gasteiger partial charge in [0.2, 0.25) is 0 Å². The van der Waals surface area contributed by atoms with Crippen LogP contribution in [0.5, 0.6) is 11.5 Å². The number of imidazole rings is 1. The number of ether oxygens (including phenoxy) is 1. The molecule has 1 heterocycles. The Hall–Kier alpha value is -3.34. The number of phenolic OH excluding ortho intramolecular Hbond substituents is 1. The molecule has 0 saturated carbocycles. The molecule has 0 aliphatic rings. The van der Waals surface area contributed by atoms with E-state index in [-0.39, 0.29) is 11.5 Å². The fraction of sp³-hybridized carbons (Fsp3) is 0.182. The second-order valence-electron chi connectivity index (χ2n) is 6.40. The monoisotopic (exact) mass is 362 g/mol. The third kappa shape index (κ3) is 3.77. The van der Waals surface area contributed by atoms with Crippen molar-refractivity contribution in [3.63, 3.8) is 0 Å². The minimum absolute atomic E-state index is 0.0632. The summed E-state index contributed by atoms with van der Waals surface area (Å²) in [7, 11) is 3.42. The fourth-order valence-electron chi connectivity index (χ4n) is 2.85. The van der Waals surface area contributed by atoms with E-state index in [1.54, 1.807) is 24.3 Å². The number of hydrogen-bond acceptors (Lipinski definition) is 4. The Kier molecular flexibility index (Phi) is 5.12. The number of benzene rings is 2. The van der Waals surface area contributed by atoms with Gasteiger partial charge in [-0.1, -0.05) is 18.2 Å². The molecule has 3 aromatic rings. The first-order valence-corrected chi connectivity index (χ1v) is 8.60. The first-order valence-electron chi connectivity index (χ1n) is 8.60. The van der Waals surface area contributed by atoms with E-state index in [2.05, 4.69) is 24.9 Å². The fourth-order valence-corrected chi connectivity index (χ4v) is 2.85. The highest BCUT2D eigenvalue weighted by Gasteiger charge is 2.09. The number of carbonyl (C=O) groups is 1. The van der Waals surface area contributed by atoms with Gasteiger partial charge in [0, 0.05) is 7.05 Å². The molecule has 2 aromatic carbocycles. The Morgan fingerprint density at radius 1 is 1.15 bits per heavy atom. The summed E-state index contributed by atoms with van der Waals surface area (Å²) < 4.78 is 7.04. The summed E-state index contributed by atoms with van der Waals surface area (Å²) >= 11 is 0. The van der Waals surface area contributed by atoms with Crippen molar-refractivity contribution in [2.24, 2.45) is 7.05 Å². The van der Waals surface area contributed by atoms with Gasteiger partial charge in [0.1, 0.15) is 5.82 Å². The van der Waals surface area contributed by atoms with Crippen LogP contribution in [-0.2, 0) is 11.8 Å². The first-order chi connectivity index (χ1) is 12.9. The number of aromatic nitrogens is 2. The predicted octanol–water partition coefficient (Wildman–Crippen LogP) is 4.20. The summed E-state index contributed by atoms with van der Waals surface area (Å²) in [5.74, 6) is 1.01. The van der Waals surface area contributed by atoms with Crippen LogP contribution in [0.2, 0.25) is 0 Å². The van der Waals surface area contributed by atoms with E-state index in [1.165, 1.54) is 30.9 Å². The lowest BCUT2D eigenvalue weighted by atomic mass is 10.1. The highest BCUT2D eigenvalue weighted by Crippen LogP contribution is 2.26. The van der Waals surface area contributed by atoms with Crippen molar-refractivity contribution in [2.45, 2.75) is 13.8 Å². The quantitative estimate of drug-likeness (QED) is 0.691.